The van der Waals surface area contributed by atoms with Gasteiger partial charge in [-0.2, -0.15) is 4.98 Å². The van der Waals surface area contributed by atoms with Gasteiger partial charge in [-0.1, -0.05) is 23.4 Å². The van der Waals surface area contributed by atoms with Crippen LogP contribution in [-0.4, -0.2) is 15.1 Å². The number of rotatable bonds is 3. The molecule has 2 heterocycles. The van der Waals surface area contributed by atoms with Gasteiger partial charge in [0.1, 0.15) is 0 Å². The zero-order valence-electron chi connectivity index (χ0n) is 10.2. The molecular weight excluding hydrogens is 240 g/mol. The normalized spacial score (nSPS) is 10.5. The summed E-state index contributed by atoms with van der Waals surface area (Å²) in [7, 11) is 0. The lowest BCUT2D eigenvalue weighted by Gasteiger charge is -1.98. The average Bonchev–Trinajstić information content (AvgIpc) is 2.89. The monoisotopic (exact) mass is 252 g/mol. The Labute approximate surface area is 110 Å². The first-order valence-electron chi connectivity index (χ1n) is 5.89. The molecule has 0 amide bonds. The van der Waals surface area contributed by atoms with Crippen molar-refractivity contribution in [3.8, 4) is 11.4 Å². The van der Waals surface area contributed by atoms with Crippen molar-refractivity contribution in [2.24, 2.45) is 0 Å². The van der Waals surface area contributed by atoms with Crippen molar-refractivity contribution in [2.75, 3.05) is 5.73 Å². The minimum Gasteiger partial charge on any atom is -0.398 e. The third-order valence-corrected chi connectivity index (χ3v) is 2.75. The van der Waals surface area contributed by atoms with E-state index in [-0.39, 0.29) is 0 Å². The molecule has 5 nitrogen and oxygen atoms in total. The summed E-state index contributed by atoms with van der Waals surface area (Å²) in [5.74, 6) is 1.06. The highest BCUT2D eigenvalue weighted by molar-refractivity contribution is 5.70. The standard InChI is InChI=1S/C14H12N4O/c15-12-6-2-1-5-11(12)14-17-13(19-18-14)8-10-4-3-7-16-9-10/h1-7,9H,8,15H2. The minimum atomic E-state index is 0.511. The summed E-state index contributed by atoms with van der Waals surface area (Å²) in [5, 5.41) is 3.96. The summed E-state index contributed by atoms with van der Waals surface area (Å²) in [4.78, 5) is 8.40. The van der Waals surface area contributed by atoms with Crippen LogP contribution in [0.5, 0.6) is 0 Å². The van der Waals surface area contributed by atoms with Crippen LogP contribution in [0, 0.1) is 0 Å². The van der Waals surface area contributed by atoms with E-state index in [1.807, 2.05) is 36.4 Å². The zero-order chi connectivity index (χ0) is 13.1. The number of para-hydroxylation sites is 1. The second kappa shape index (κ2) is 4.89. The van der Waals surface area contributed by atoms with Gasteiger partial charge in [-0.3, -0.25) is 4.98 Å². The molecule has 0 aliphatic rings. The minimum absolute atomic E-state index is 0.511. The van der Waals surface area contributed by atoms with E-state index in [9.17, 15) is 0 Å². The van der Waals surface area contributed by atoms with E-state index < -0.39 is 0 Å². The van der Waals surface area contributed by atoms with Crippen molar-refractivity contribution in [3.63, 3.8) is 0 Å². The van der Waals surface area contributed by atoms with Crippen LogP contribution in [0.25, 0.3) is 11.4 Å². The summed E-state index contributed by atoms with van der Waals surface area (Å²) < 4.78 is 5.23. The van der Waals surface area contributed by atoms with Crippen molar-refractivity contribution in [3.05, 3.63) is 60.2 Å². The average molecular weight is 252 g/mol. The second-order valence-corrected chi connectivity index (χ2v) is 4.14. The molecule has 0 radical (unpaired) electrons. The smallest absolute Gasteiger partial charge is 0.231 e. The first-order valence-corrected chi connectivity index (χ1v) is 5.89. The summed E-state index contributed by atoms with van der Waals surface area (Å²) >= 11 is 0. The number of pyridine rings is 1. The molecule has 0 aliphatic carbocycles. The fraction of sp³-hybridized carbons (Fsp3) is 0.0714. The Bertz CT molecular complexity index is 679. The van der Waals surface area contributed by atoms with Crippen molar-refractivity contribution in [1.29, 1.82) is 0 Å². The number of hydrogen-bond acceptors (Lipinski definition) is 5. The number of nitrogens with zero attached hydrogens (tertiary/aromatic N) is 3. The molecule has 0 fully saturated rings. The molecule has 0 atom stereocenters. The molecular formula is C14H12N4O. The summed E-state index contributed by atoms with van der Waals surface area (Å²) in [6.45, 7) is 0. The lowest BCUT2D eigenvalue weighted by atomic mass is 10.2. The van der Waals surface area contributed by atoms with E-state index in [1.165, 1.54) is 0 Å². The van der Waals surface area contributed by atoms with Crippen molar-refractivity contribution >= 4 is 5.69 Å². The Kier molecular flexibility index (Phi) is 2.94. The number of nitrogen functional groups attached to an aromatic ring is 1. The lowest BCUT2D eigenvalue weighted by Crippen LogP contribution is -1.92. The maximum Gasteiger partial charge on any atom is 0.231 e. The van der Waals surface area contributed by atoms with Crippen LogP contribution in [-0.2, 0) is 6.42 Å². The van der Waals surface area contributed by atoms with Crippen molar-refractivity contribution < 1.29 is 4.52 Å². The highest BCUT2D eigenvalue weighted by atomic mass is 16.5. The van der Waals surface area contributed by atoms with Crippen LogP contribution in [0.1, 0.15) is 11.5 Å². The van der Waals surface area contributed by atoms with Gasteiger partial charge in [-0.05, 0) is 23.8 Å². The largest absolute Gasteiger partial charge is 0.398 e. The molecule has 94 valence electrons. The van der Waals surface area contributed by atoms with Gasteiger partial charge in [0.05, 0.1) is 6.42 Å². The molecule has 1 aromatic carbocycles. The van der Waals surface area contributed by atoms with E-state index in [0.717, 1.165) is 11.1 Å². The Morgan fingerprint density at radius 2 is 2.00 bits per heavy atom. The molecule has 2 aromatic heterocycles. The van der Waals surface area contributed by atoms with Crippen LogP contribution in [0.3, 0.4) is 0 Å². The van der Waals surface area contributed by atoms with Gasteiger partial charge in [0, 0.05) is 23.6 Å². The molecule has 0 bridgehead atoms. The van der Waals surface area contributed by atoms with Crippen LogP contribution < -0.4 is 5.73 Å². The third kappa shape index (κ3) is 2.44. The quantitative estimate of drug-likeness (QED) is 0.724. The molecule has 0 saturated heterocycles. The third-order valence-electron chi connectivity index (χ3n) is 2.75. The van der Waals surface area contributed by atoms with Crippen LogP contribution >= 0.6 is 0 Å². The number of nitrogens with two attached hydrogens (primary N) is 1. The number of aromatic nitrogens is 3. The van der Waals surface area contributed by atoms with E-state index in [1.54, 1.807) is 12.4 Å². The Balaban J connectivity index is 1.86. The Morgan fingerprint density at radius 3 is 2.79 bits per heavy atom. The van der Waals surface area contributed by atoms with E-state index >= 15 is 0 Å². The maximum absolute atomic E-state index is 5.88. The predicted molar refractivity (Wildman–Crippen MR) is 71.2 cm³/mol. The summed E-state index contributed by atoms with van der Waals surface area (Å²) in [6.07, 6.45) is 4.07. The fourth-order valence-corrected chi connectivity index (χ4v) is 1.81. The van der Waals surface area contributed by atoms with Gasteiger partial charge in [0.25, 0.3) is 0 Å². The molecule has 0 saturated carbocycles. The summed E-state index contributed by atoms with van der Waals surface area (Å²) in [5.41, 5.74) is 8.33. The first kappa shape index (κ1) is 11.4. The molecule has 3 aromatic rings. The predicted octanol–water partition coefficient (Wildman–Crippen LogP) is 2.30. The SMILES string of the molecule is Nc1ccccc1-c1noc(Cc2cccnc2)n1. The molecule has 0 spiro atoms. The second-order valence-electron chi connectivity index (χ2n) is 4.14. The van der Waals surface area contributed by atoms with Gasteiger partial charge >= 0.3 is 0 Å². The van der Waals surface area contributed by atoms with Gasteiger partial charge in [0.2, 0.25) is 11.7 Å². The summed E-state index contributed by atoms with van der Waals surface area (Å²) in [6, 6.07) is 11.3. The van der Waals surface area contributed by atoms with Gasteiger partial charge in [-0.25, -0.2) is 0 Å². The number of anilines is 1. The highest BCUT2D eigenvalue weighted by Crippen LogP contribution is 2.22. The first-order chi connectivity index (χ1) is 9.33. The topological polar surface area (TPSA) is 77.8 Å². The van der Waals surface area contributed by atoms with E-state index in [4.69, 9.17) is 10.3 Å². The Morgan fingerprint density at radius 1 is 1.11 bits per heavy atom. The highest BCUT2D eigenvalue weighted by Gasteiger charge is 2.11. The van der Waals surface area contributed by atoms with Gasteiger partial charge < -0.3 is 10.3 Å². The molecule has 5 heteroatoms. The number of benzene rings is 1. The van der Waals surface area contributed by atoms with Crippen LogP contribution in [0.2, 0.25) is 0 Å². The molecule has 2 N–H and O–H groups in total. The molecule has 19 heavy (non-hydrogen) atoms. The van der Waals surface area contributed by atoms with Crippen LogP contribution in [0.4, 0.5) is 5.69 Å². The fourth-order valence-electron chi connectivity index (χ4n) is 1.81. The maximum atomic E-state index is 5.88. The Hall–Kier alpha value is -2.69. The molecule has 0 aliphatic heterocycles. The zero-order valence-corrected chi connectivity index (χ0v) is 10.2. The van der Waals surface area contributed by atoms with E-state index in [2.05, 4.69) is 15.1 Å². The molecule has 3 rings (SSSR count). The van der Waals surface area contributed by atoms with Gasteiger partial charge in [-0.15, -0.1) is 0 Å². The van der Waals surface area contributed by atoms with E-state index in [0.29, 0.717) is 23.8 Å². The van der Waals surface area contributed by atoms with Crippen molar-refractivity contribution in [2.45, 2.75) is 6.42 Å². The lowest BCUT2D eigenvalue weighted by molar-refractivity contribution is 0.385. The molecule has 0 unspecified atom stereocenters. The van der Waals surface area contributed by atoms with Gasteiger partial charge in [0.15, 0.2) is 0 Å². The number of hydrogen-bond donors (Lipinski definition) is 1. The van der Waals surface area contributed by atoms with Crippen LogP contribution in [0.15, 0.2) is 53.3 Å². The van der Waals surface area contributed by atoms with Crippen molar-refractivity contribution in [1.82, 2.24) is 15.1 Å².